The molecule has 150 valence electrons. The summed E-state index contributed by atoms with van der Waals surface area (Å²) in [5.74, 6) is 0.479. The molecule has 0 atom stereocenters. The van der Waals surface area contributed by atoms with Crippen LogP contribution in [0.1, 0.15) is 18.2 Å². The molecule has 9 heteroatoms. The van der Waals surface area contributed by atoms with Crippen molar-refractivity contribution in [1.29, 1.82) is 5.26 Å². The third-order valence-electron chi connectivity index (χ3n) is 4.90. The number of nitro groups is 1. The summed E-state index contributed by atoms with van der Waals surface area (Å²) in [5.41, 5.74) is 1.46. The quantitative estimate of drug-likeness (QED) is 0.590. The zero-order chi connectivity index (χ0) is 20.8. The number of carbonyl (C=O) groups excluding carboxylic acids is 1. The van der Waals surface area contributed by atoms with Gasteiger partial charge in [-0.2, -0.15) is 5.26 Å². The predicted molar refractivity (Wildman–Crippen MR) is 109 cm³/mol. The van der Waals surface area contributed by atoms with Crippen molar-refractivity contribution in [2.75, 3.05) is 42.9 Å². The minimum absolute atomic E-state index is 0.0559. The molecule has 1 amide bonds. The van der Waals surface area contributed by atoms with Gasteiger partial charge in [-0.15, -0.1) is 0 Å². The molecule has 1 aromatic heterocycles. The average molecular weight is 394 g/mol. The Morgan fingerprint density at radius 3 is 2.62 bits per heavy atom. The van der Waals surface area contributed by atoms with Crippen LogP contribution in [-0.4, -0.2) is 53.4 Å². The van der Waals surface area contributed by atoms with Crippen LogP contribution in [0, 0.1) is 21.4 Å². The van der Waals surface area contributed by atoms with Crippen molar-refractivity contribution in [3.63, 3.8) is 0 Å². The minimum atomic E-state index is -0.609. The van der Waals surface area contributed by atoms with Gasteiger partial charge < -0.3 is 10.2 Å². The molecule has 1 aliphatic rings. The summed E-state index contributed by atoms with van der Waals surface area (Å²) in [6.45, 7) is 4.90. The zero-order valence-electron chi connectivity index (χ0n) is 16.2. The van der Waals surface area contributed by atoms with E-state index in [1.165, 1.54) is 6.07 Å². The second kappa shape index (κ2) is 9.12. The molecule has 0 saturated carbocycles. The molecule has 1 N–H and O–H groups in total. The van der Waals surface area contributed by atoms with Gasteiger partial charge in [-0.05, 0) is 24.1 Å². The first-order valence-electron chi connectivity index (χ1n) is 9.42. The molecule has 2 aromatic rings. The Balaban J connectivity index is 1.56. The van der Waals surface area contributed by atoms with E-state index >= 15 is 0 Å². The number of benzene rings is 1. The van der Waals surface area contributed by atoms with Gasteiger partial charge in [-0.25, -0.2) is 4.98 Å². The molecule has 0 spiro atoms. The number of aryl methyl sites for hydroxylation is 1. The molecule has 3 rings (SSSR count). The molecule has 0 bridgehead atoms. The normalized spacial score (nSPS) is 14.3. The first kappa shape index (κ1) is 20.2. The van der Waals surface area contributed by atoms with Crippen molar-refractivity contribution in [2.24, 2.45) is 0 Å². The summed E-state index contributed by atoms with van der Waals surface area (Å²) in [5, 5.41) is 23.0. The summed E-state index contributed by atoms with van der Waals surface area (Å²) in [4.78, 5) is 30.9. The third kappa shape index (κ3) is 4.86. The van der Waals surface area contributed by atoms with E-state index in [4.69, 9.17) is 5.26 Å². The number of nitrogens with zero attached hydrogens (tertiary/aromatic N) is 5. The molecule has 1 aliphatic heterocycles. The molecule has 0 aliphatic carbocycles. The highest BCUT2D eigenvalue weighted by atomic mass is 16.6. The van der Waals surface area contributed by atoms with Gasteiger partial charge in [-0.3, -0.25) is 19.8 Å². The summed E-state index contributed by atoms with van der Waals surface area (Å²) in [6, 6.07) is 12.4. The number of piperazine rings is 1. The number of anilines is 2. The number of hydrogen-bond donors (Lipinski definition) is 1. The van der Waals surface area contributed by atoms with E-state index in [9.17, 15) is 14.9 Å². The second-order valence-electron chi connectivity index (χ2n) is 6.73. The monoisotopic (exact) mass is 394 g/mol. The van der Waals surface area contributed by atoms with Crippen LogP contribution in [0.4, 0.5) is 17.2 Å². The highest BCUT2D eigenvalue weighted by molar-refractivity contribution is 5.93. The fraction of sp³-hybridized carbons (Fsp3) is 0.350. The van der Waals surface area contributed by atoms with Crippen LogP contribution in [0.2, 0.25) is 0 Å². The molecule has 1 aromatic carbocycles. The average Bonchev–Trinajstić information content (AvgIpc) is 2.74. The van der Waals surface area contributed by atoms with Crippen molar-refractivity contribution in [1.82, 2.24) is 9.88 Å². The van der Waals surface area contributed by atoms with Gasteiger partial charge in [0.25, 0.3) is 0 Å². The first-order chi connectivity index (χ1) is 14.0. The molecule has 9 nitrogen and oxygen atoms in total. The number of nitriles is 1. The minimum Gasteiger partial charge on any atom is -0.354 e. The number of rotatable bonds is 6. The summed E-state index contributed by atoms with van der Waals surface area (Å²) in [6.07, 6.45) is 0.849. The van der Waals surface area contributed by atoms with Gasteiger partial charge >= 0.3 is 5.69 Å². The second-order valence-corrected chi connectivity index (χ2v) is 6.73. The van der Waals surface area contributed by atoms with Crippen LogP contribution in [-0.2, 0) is 11.2 Å². The first-order valence-corrected chi connectivity index (χ1v) is 9.42. The fourth-order valence-corrected chi connectivity index (χ4v) is 3.33. The smallest absolute Gasteiger partial charge is 0.305 e. The van der Waals surface area contributed by atoms with Crippen LogP contribution in [0.25, 0.3) is 0 Å². The highest BCUT2D eigenvalue weighted by Crippen LogP contribution is 2.21. The Bertz CT molecular complexity index is 947. The Morgan fingerprint density at radius 1 is 1.24 bits per heavy atom. The lowest BCUT2D eigenvalue weighted by molar-refractivity contribution is -0.385. The number of nitrogens with one attached hydrogen (secondary N) is 1. The van der Waals surface area contributed by atoms with E-state index in [2.05, 4.69) is 15.2 Å². The molecular formula is C20H22N6O3. The van der Waals surface area contributed by atoms with Crippen molar-refractivity contribution >= 4 is 23.1 Å². The van der Waals surface area contributed by atoms with Crippen molar-refractivity contribution in [2.45, 2.75) is 13.3 Å². The van der Waals surface area contributed by atoms with E-state index in [0.29, 0.717) is 38.5 Å². The lowest BCUT2D eigenvalue weighted by Gasteiger charge is -2.35. The molecule has 0 unspecified atom stereocenters. The Hall–Kier alpha value is -3.51. The van der Waals surface area contributed by atoms with Crippen molar-refractivity contribution in [3.8, 4) is 6.07 Å². The number of aromatic nitrogens is 1. The molecule has 29 heavy (non-hydrogen) atoms. The number of para-hydroxylation sites is 1. The van der Waals surface area contributed by atoms with E-state index in [1.54, 1.807) is 12.1 Å². The Morgan fingerprint density at radius 2 is 1.97 bits per heavy atom. The van der Waals surface area contributed by atoms with Crippen LogP contribution < -0.4 is 10.2 Å². The molecular weight excluding hydrogens is 372 g/mol. The predicted octanol–water partition coefficient (Wildman–Crippen LogP) is 2.18. The maximum Gasteiger partial charge on any atom is 0.305 e. The summed E-state index contributed by atoms with van der Waals surface area (Å²) in [7, 11) is 0. The molecule has 0 radical (unpaired) electrons. The molecule has 1 saturated heterocycles. The standard InChI is InChI=1S/C20H22N6O3/c1-2-15-5-3-4-6-16(15)23-20(27)14-24-9-11-25(12-10-24)19-8-7-18(26(28)29)17(13-21)22-19/h3-8H,2,9-12,14H2,1H3,(H,23,27). The highest BCUT2D eigenvalue weighted by Gasteiger charge is 2.23. The number of carbonyl (C=O) groups is 1. The summed E-state index contributed by atoms with van der Waals surface area (Å²) >= 11 is 0. The zero-order valence-corrected chi connectivity index (χ0v) is 16.2. The number of pyridine rings is 1. The van der Waals surface area contributed by atoms with Gasteiger partial charge in [0.2, 0.25) is 11.6 Å². The van der Waals surface area contributed by atoms with Crippen LogP contribution in [0.3, 0.4) is 0 Å². The van der Waals surface area contributed by atoms with Crippen LogP contribution >= 0.6 is 0 Å². The third-order valence-corrected chi connectivity index (χ3v) is 4.90. The fourth-order valence-electron chi connectivity index (χ4n) is 3.33. The summed E-state index contributed by atoms with van der Waals surface area (Å²) < 4.78 is 0. The van der Waals surface area contributed by atoms with Gasteiger partial charge in [0.1, 0.15) is 11.9 Å². The van der Waals surface area contributed by atoms with Gasteiger partial charge in [0.15, 0.2) is 0 Å². The van der Waals surface area contributed by atoms with E-state index in [0.717, 1.165) is 17.7 Å². The number of hydrogen-bond acceptors (Lipinski definition) is 7. The molecule has 2 heterocycles. The van der Waals surface area contributed by atoms with Crippen molar-refractivity contribution < 1.29 is 9.72 Å². The Kier molecular flexibility index (Phi) is 6.36. The van der Waals surface area contributed by atoms with Crippen molar-refractivity contribution in [3.05, 3.63) is 57.8 Å². The lowest BCUT2D eigenvalue weighted by Crippen LogP contribution is -2.49. The maximum absolute atomic E-state index is 12.4. The number of amides is 1. The maximum atomic E-state index is 12.4. The van der Waals surface area contributed by atoms with Gasteiger partial charge in [-0.1, -0.05) is 25.1 Å². The SMILES string of the molecule is CCc1ccccc1NC(=O)CN1CCN(c2ccc([N+](=O)[O-])c(C#N)n2)CC1. The Labute approximate surface area is 168 Å². The van der Waals surface area contributed by atoms with E-state index in [1.807, 2.05) is 36.1 Å². The van der Waals surface area contributed by atoms with E-state index < -0.39 is 4.92 Å². The van der Waals surface area contributed by atoms with E-state index in [-0.39, 0.29) is 17.3 Å². The topological polar surface area (TPSA) is 115 Å². The van der Waals surface area contributed by atoms with Crippen LogP contribution in [0.15, 0.2) is 36.4 Å². The van der Waals surface area contributed by atoms with Gasteiger partial charge in [0.05, 0.1) is 11.5 Å². The lowest BCUT2D eigenvalue weighted by atomic mass is 10.1. The molecule has 1 fully saturated rings. The largest absolute Gasteiger partial charge is 0.354 e. The van der Waals surface area contributed by atoms with Gasteiger partial charge in [0, 0.05) is 37.9 Å². The van der Waals surface area contributed by atoms with Crippen LogP contribution in [0.5, 0.6) is 0 Å².